The lowest BCUT2D eigenvalue weighted by molar-refractivity contribution is -0.139. The Hall–Kier alpha value is -1.34. The van der Waals surface area contributed by atoms with Crippen molar-refractivity contribution in [3.63, 3.8) is 0 Å². The summed E-state index contributed by atoms with van der Waals surface area (Å²) in [6.07, 6.45) is 1.68. The lowest BCUT2D eigenvalue weighted by Gasteiger charge is -2.39. The van der Waals surface area contributed by atoms with Crippen LogP contribution in [0.1, 0.15) is 26.2 Å². The van der Waals surface area contributed by atoms with Crippen molar-refractivity contribution in [1.29, 1.82) is 0 Å². The molecule has 1 aliphatic heterocycles. The Morgan fingerprint density at radius 3 is 2.74 bits per heavy atom. The number of carboxylic acid groups (broad SMARTS) is 1. The molecule has 2 atom stereocenters. The number of likely N-dealkylation sites (tertiary alicyclic amines) is 1. The number of piperidine rings is 1. The topological polar surface area (TPSA) is 99.1 Å². The highest BCUT2D eigenvalue weighted by Crippen LogP contribution is 2.23. The summed E-state index contributed by atoms with van der Waals surface area (Å²) in [6, 6.07) is -1.49. The lowest BCUT2D eigenvalue weighted by Crippen LogP contribution is -2.55. The normalized spacial score (nSPS) is 24.9. The van der Waals surface area contributed by atoms with E-state index in [4.69, 9.17) is 14.9 Å². The minimum absolute atomic E-state index is 0.00351. The molecule has 7 nitrogen and oxygen atoms in total. The van der Waals surface area contributed by atoms with Crippen LogP contribution in [0.15, 0.2) is 0 Å². The van der Waals surface area contributed by atoms with E-state index in [2.05, 4.69) is 5.32 Å². The van der Waals surface area contributed by atoms with Gasteiger partial charge in [0.1, 0.15) is 6.04 Å². The predicted molar refractivity (Wildman–Crippen MR) is 67.9 cm³/mol. The van der Waals surface area contributed by atoms with Crippen LogP contribution in [0.2, 0.25) is 0 Å². The predicted octanol–water partition coefficient (Wildman–Crippen LogP) is 0.0325. The number of aliphatic hydroxyl groups excluding tert-OH is 1. The van der Waals surface area contributed by atoms with E-state index in [9.17, 15) is 9.59 Å². The van der Waals surface area contributed by atoms with Gasteiger partial charge in [-0.05, 0) is 19.8 Å². The minimum Gasteiger partial charge on any atom is -0.480 e. The molecule has 1 saturated heterocycles. The second kappa shape index (κ2) is 6.72. The molecule has 0 aromatic heterocycles. The number of carboxylic acids is 1. The van der Waals surface area contributed by atoms with E-state index in [1.165, 1.54) is 0 Å². The zero-order chi connectivity index (χ0) is 14.5. The first-order chi connectivity index (χ1) is 8.91. The number of nitrogens with zero attached hydrogens (tertiary/aromatic N) is 1. The number of hydrogen-bond donors (Lipinski definition) is 3. The third-order valence-electron chi connectivity index (χ3n) is 3.45. The molecule has 3 N–H and O–H groups in total. The standard InChI is InChI=1S/C12H22N2O5/c1-12(19-2)5-3-6-14(8-12)11(18)13-9(4-7-15)10(16)17/h9,15H,3-8H2,1-2H3,(H,13,18)(H,16,17)/t9-,12?/m1/s1. The average Bonchev–Trinajstić information content (AvgIpc) is 2.38. The molecule has 19 heavy (non-hydrogen) atoms. The van der Waals surface area contributed by atoms with Crippen LogP contribution in [0.25, 0.3) is 0 Å². The first-order valence-electron chi connectivity index (χ1n) is 6.36. The van der Waals surface area contributed by atoms with Gasteiger partial charge in [-0.1, -0.05) is 0 Å². The van der Waals surface area contributed by atoms with Crippen molar-refractivity contribution in [3.05, 3.63) is 0 Å². The Labute approximate surface area is 112 Å². The van der Waals surface area contributed by atoms with Gasteiger partial charge in [0.05, 0.1) is 12.1 Å². The van der Waals surface area contributed by atoms with Crippen LogP contribution in [0.4, 0.5) is 4.79 Å². The third-order valence-corrected chi connectivity index (χ3v) is 3.45. The molecule has 0 spiro atoms. The van der Waals surface area contributed by atoms with Gasteiger partial charge in [-0.2, -0.15) is 0 Å². The summed E-state index contributed by atoms with van der Waals surface area (Å²) in [6.45, 7) is 2.65. The van der Waals surface area contributed by atoms with Crippen molar-refractivity contribution in [3.8, 4) is 0 Å². The fraction of sp³-hybridized carbons (Fsp3) is 0.833. The number of carbonyl (C=O) groups excluding carboxylic acids is 1. The van der Waals surface area contributed by atoms with Gasteiger partial charge >= 0.3 is 12.0 Å². The Morgan fingerprint density at radius 2 is 2.21 bits per heavy atom. The van der Waals surface area contributed by atoms with Gasteiger partial charge in [0.25, 0.3) is 0 Å². The molecule has 1 unspecified atom stereocenters. The molecule has 0 radical (unpaired) electrons. The molecule has 1 rings (SSSR count). The van der Waals surface area contributed by atoms with E-state index in [0.717, 1.165) is 12.8 Å². The number of amides is 2. The molecule has 0 aromatic carbocycles. The minimum atomic E-state index is -1.14. The number of rotatable bonds is 5. The van der Waals surface area contributed by atoms with Crippen molar-refractivity contribution in [2.45, 2.75) is 37.8 Å². The molecule has 1 fully saturated rings. The van der Waals surface area contributed by atoms with Crippen LogP contribution in [-0.4, -0.2) is 65.6 Å². The van der Waals surface area contributed by atoms with Crippen LogP contribution in [0.5, 0.6) is 0 Å². The first-order valence-corrected chi connectivity index (χ1v) is 6.36. The molecule has 1 aliphatic rings. The highest BCUT2D eigenvalue weighted by Gasteiger charge is 2.34. The zero-order valence-electron chi connectivity index (χ0n) is 11.4. The van der Waals surface area contributed by atoms with Crippen LogP contribution in [0, 0.1) is 0 Å². The van der Waals surface area contributed by atoms with E-state index in [1.807, 2.05) is 6.92 Å². The van der Waals surface area contributed by atoms with E-state index < -0.39 is 18.0 Å². The molecular formula is C12H22N2O5. The molecule has 0 aliphatic carbocycles. The maximum absolute atomic E-state index is 12.0. The molecule has 7 heteroatoms. The molecule has 2 amide bonds. The van der Waals surface area contributed by atoms with Gasteiger partial charge < -0.3 is 25.2 Å². The highest BCUT2D eigenvalue weighted by molar-refractivity contribution is 5.82. The molecule has 0 bridgehead atoms. The van der Waals surface area contributed by atoms with Gasteiger partial charge in [-0.3, -0.25) is 0 Å². The van der Waals surface area contributed by atoms with Gasteiger partial charge in [-0.15, -0.1) is 0 Å². The van der Waals surface area contributed by atoms with Crippen molar-refractivity contribution in [1.82, 2.24) is 10.2 Å². The summed E-state index contributed by atoms with van der Waals surface area (Å²) in [5, 5.41) is 20.1. The smallest absolute Gasteiger partial charge is 0.326 e. The van der Waals surface area contributed by atoms with Gasteiger partial charge in [0.15, 0.2) is 0 Å². The SMILES string of the molecule is COC1(C)CCCN(C(=O)N[C@H](CCO)C(=O)O)C1. The Balaban J connectivity index is 2.59. The first kappa shape index (κ1) is 15.7. The zero-order valence-corrected chi connectivity index (χ0v) is 11.4. The quantitative estimate of drug-likeness (QED) is 0.657. The largest absolute Gasteiger partial charge is 0.480 e. The fourth-order valence-corrected chi connectivity index (χ4v) is 2.17. The number of nitrogens with one attached hydrogen (secondary N) is 1. The van der Waals surface area contributed by atoms with Crippen LogP contribution in [-0.2, 0) is 9.53 Å². The summed E-state index contributed by atoms with van der Waals surface area (Å²) in [4.78, 5) is 24.5. The van der Waals surface area contributed by atoms with Crippen molar-refractivity contribution in [2.24, 2.45) is 0 Å². The van der Waals surface area contributed by atoms with Crippen molar-refractivity contribution < 1.29 is 24.5 Å². The van der Waals surface area contributed by atoms with Crippen LogP contribution < -0.4 is 5.32 Å². The number of hydrogen-bond acceptors (Lipinski definition) is 4. The van der Waals surface area contributed by atoms with E-state index >= 15 is 0 Å². The third kappa shape index (κ3) is 4.36. The second-order valence-electron chi connectivity index (χ2n) is 5.03. The highest BCUT2D eigenvalue weighted by atomic mass is 16.5. The maximum atomic E-state index is 12.0. The molecule has 0 aromatic rings. The summed E-state index contributed by atoms with van der Waals surface area (Å²) >= 11 is 0. The monoisotopic (exact) mass is 274 g/mol. The summed E-state index contributed by atoms with van der Waals surface area (Å²) in [5.74, 6) is -1.14. The number of methoxy groups -OCH3 is 1. The van der Waals surface area contributed by atoms with E-state index in [1.54, 1.807) is 12.0 Å². The molecule has 110 valence electrons. The second-order valence-corrected chi connectivity index (χ2v) is 5.03. The van der Waals surface area contributed by atoms with Crippen LogP contribution >= 0.6 is 0 Å². The number of aliphatic hydroxyl groups is 1. The number of aliphatic carboxylic acids is 1. The van der Waals surface area contributed by atoms with E-state index in [-0.39, 0.29) is 18.6 Å². The maximum Gasteiger partial charge on any atom is 0.326 e. The Kier molecular flexibility index (Phi) is 5.56. The number of urea groups is 1. The molecular weight excluding hydrogens is 252 g/mol. The van der Waals surface area contributed by atoms with Gasteiger partial charge in [0, 0.05) is 26.7 Å². The number of carbonyl (C=O) groups is 2. The van der Waals surface area contributed by atoms with Gasteiger partial charge in [0.2, 0.25) is 0 Å². The Morgan fingerprint density at radius 1 is 1.53 bits per heavy atom. The fourth-order valence-electron chi connectivity index (χ4n) is 2.17. The lowest BCUT2D eigenvalue weighted by atomic mass is 9.95. The summed E-state index contributed by atoms with van der Waals surface area (Å²) in [5.41, 5.74) is -0.384. The van der Waals surface area contributed by atoms with Crippen molar-refractivity contribution >= 4 is 12.0 Å². The van der Waals surface area contributed by atoms with E-state index in [0.29, 0.717) is 13.1 Å². The number of ether oxygens (including phenoxy) is 1. The Bertz CT molecular complexity index is 336. The molecule has 1 heterocycles. The van der Waals surface area contributed by atoms with Crippen LogP contribution in [0.3, 0.4) is 0 Å². The van der Waals surface area contributed by atoms with Crippen molar-refractivity contribution in [2.75, 3.05) is 26.8 Å². The molecule has 0 saturated carbocycles. The summed E-state index contributed by atoms with van der Waals surface area (Å²) in [7, 11) is 1.60. The summed E-state index contributed by atoms with van der Waals surface area (Å²) < 4.78 is 5.38. The van der Waals surface area contributed by atoms with Gasteiger partial charge in [-0.25, -0.2) is 9.59 Å². The average molecular weight is 274 g/mol.